The molecule has 1 atom stereocenters. The fourth-order valence-corrected chi connectivity index (χ4v) is 2.06. The van der Waals surface area contributed by atoms with E-state index in [1.165, 1.54) is 0 Å². The molecule has 1 saturated heterocycles. The fourth-order valence-electron chi connectivity index (χ4n) is 2.06. The van der Waals surface area contributed by atoms with Crippen molar-refractivity contribution in [3.8, 4) is 0 Å². The lowest BCUT2D eigenvalue weighted by atomic mass is 10.2. The molecule has 0 saturated carbocycles. The van der Waals surface area contributed by atoms with Crippen molar-refractivity contribution < 1.29 is 9.53 Å². The summed E-state index contributed by atoms with van der Waals surface area (Å²) < 4.78 is 5.26. The number of rotatable bonds is 3. The molecule has 1 aromatic heterocycles. The molecule has 1 aliphatic rings. The Kier molecular flexibility index (Phi) is 3.58. The predicted octanol–water partition coefficient (Wildman–Crippen LogP) is 0.984. The van der Waals surface area contributed by atoms with Gasteiger partial charge in [0.25, 0.3) is 5.91 Å². The van der Waals surface area contributed by atoms with E-state index in [4.69, 9.17) is 4.74 Å². The van der Waals surface area contributed by atoms with E-state index in [2.05, 4.69) is 10.3 Å². The summed E-state index contributed by atoms with van der Waals surface area (Å²) in [4.78, 5) is 18.1. The Morgan fingerprint density at radius 3 is 3.12 bits per heavy atom. The van der Waals surface area contributed by atoms with Crippen molar-refractivity contribution in [2.45, 2.75) is 12.5 Å². The molecule has 1 fully saturated rings. The van der Waals surface area contributed by atoms with Gasteiger partial charge in [-0.15, -0.1) is 0 Å². The lowest BCUT2D eigenvalue weighted by molar-refractivity contribution is 0.0725. The van der Waals surface area contributed by atoms with Crippen LogP contribution in [-0.4, -0.2) is 49.1 Å². The minimum absolute atomic E-state index is 0.0382. The van der Waals surface area contributed by atoms with Crippen molar-refractivity contribution in [2.75, 3.05) is 32.6 Å². The van der Waals surface area contributed by atoms with Gasteiger partial charge >= 0.3 is 0 Å². The van der Waals surface area contributed by atoms with Crippen molar-refractivity contribution in [1.29, 1.82) is 0 Å². The van der Waals surface area contributed by atoms with Gasteiger partial charge in [0.15, 0.2) is 0 Å². The number of hydrogen-bond donors (Lipinski definition) is 1. The molecule has 0 aliphatic carbocycles. The minimum Gasteiger partial charge on any atom is -0.386 e. The van der Waals surface area contributed by atoms with E-state index in [0.29, 0.717) is 12.1 Å². The van der Waals surface area contributed by atoms with E-state index in [0.717, 1.165) is 18.7 Å². The van der Waals surface area contributed by atoms with E-state index < -0.39 is 0 Å². The fraction of sp³-hybridized carbons (Fsp3) is 0.500. The van der Waals surface area contributed by atoms with Crippen molar-refractivity contribution in [2.24, 2.45) is 0 Å². The first-order valence-corrected chi connectivity index (χ1v) is 5.70. The zero-order valence-corrected chi connectivity index (χ0v) is 10.1. The average molecular weight is 235 g/mol. The van der Waals surface area contributed by atoms with Crippen molar-refractivity contribution >= 4 is 11.6 Å². The van der Waals surface area contributed by atoms with Gasteiger partial charge in [-0.1, -0.05) is 0 Å². The first-order valence-electron chi connectivity index (χ1n) is 5.70. The van der Waals surface area contributed by atoms with Crippen LogP contribution >= 0.6 is 0 Å². The number of hydrogen-bond acceptors (Lipinski definition) is 4. The maximum Gasteiger partial charge on any atom is 0.256 e. The quantitative estimate of drug-likeness (QED) is 0.848. The van der Waals surface area contributed by atoms with Crippen LogP contribution in [0.25, 0.3) is 0 Å². The highest BCUT2D eigenvalue weighted by molar-refractivity contribution is 5.99. The molecule has 0 radical (unpaired) electrons. The van der Waals surface area contributed by atoms with Gasteiger partial charge < -0.3 is 15.0 Å². The number of amides is 1. The van der Waals surface area contributed by atoms with Crippen LogP contribution in [0.2, 0.25) is 0 Å². The summed E-state index contributed by atoms with van der Waals surface area (Å²) in [6.45, 7) is 1.42. The van der Waals surface area contributed by atoms with Gasteiger partial charge in [-0.2, -0.15) is 0 Å². The van der Waals surface area contributed by atoms with Gasteiger partial charge in [0.05, 0.1) is 23.6 Å². The second kappa shape index (κ2) is 5.14. The van der Waals surface area contributed by atoms with Crippen molar-refractivity contribution in [3.63, 3.8) is 0 Å². The molecule has 0 aromatic carbocycles. The van der Waals surface area contributed by atoms with Gasteiger partial charge in [-0.05, 0) is 12.5 Å². The number of aromatic nitrogens is 1. The second-order valence-electron chi connectivity index (χ2n) is 4.07. The van der Waals surface area contributed by atoms with Crippen LogP contribution in [0.3, 0.4) is 0 Å². The number of ether oxygens (including phenoxy) is 1. The Morgan fingerprint density at radius 2 is 2.47 bits per heavy atom. The van der Waals surface area contributed by atoms with Crippen LogP contribution in [-0.2, 0) is 4.74 Å². The monoisotopic (exact) mass is 235 g/mol. The predicted molar refractivity (Wildman–Crippen MR) is 65.1 cm³/mol. The number of nitrogens with zero attached hydrogens (tertiary/aromatic N) is 2. The molecule has 5 heteroatoms. The Morgan fingerprint density at radius 1 is 1.65 bits per heavy atom. The molecule has 0 bridgehead atoms. The summed E-state index contributed by atoms with van der Waals surface area (Å²) in [5, 5.41) is 2.98. The topological polar surface area (TPSA) is 54.5 Å². The SMILES string of the molecule is CNc1cnccc1C(=O)N1CCC(OC)C1. The van der Waals surface area contributed by atoms with Crippen LogP contribution in [0, 0.1) is 0 Å². The lowest BCUT2D eigenvalue weighted by Crippen LogP contribution is -2.30. The van der Waals surface area contributed by atoms with E-state index in [1.807, 2.05) is 4.90 Å². The number of carbonyl (C=O) groups excluding carboxylic acids is 1. The highest BCUT2D eigenvalue weighted by Gasteiger charge is 2.27. The Hall–Kier alpha value is -1.62. The van der Waals surface area contributed by atoms with Gasteiger partial charge in [0, 0.05) is 33.4 Å². The van der Waals surface area contributed by atoms with Crippen LogP contribution in [0.1, 0.15) is 16.8 Å². The number of likely N-dealkylation sites (tertiary alicyclic amines) is 1. The third-order valence-corrected chi connectivity index (χ3v) is 3.09. The van der Waals surface area contributed by atoms with Crippen molar-refractivity contribution in [1.82, 2.24) is 9.88 Å². The number of anilines is 1. The number of methoxy groups -OCH3 is 1. The van der Waals surface area contributed by atoms with E-state index >= 15 is 0 Å². The summed E-state index contributed by atoms with van der Waals surface area (Å²) in [5.41, 5.74) is 1.43. The largest absolute Gasteiger partial charge is 0.386 e. The molecule has 1 aromatic rings. The smallest absolute Gasteiger partial charge is 0.256 e. The van der Waals surface area contributed by atoms with Crippen LogP contribution in [0.5, 0.6) is 0 Å². The molecular formula is C12H17N3O2. The summed E-state index contributed by atoms with van der Waals surface area (Å²) in [6.07, 6.45) is 4.37. The minimum atomic E-state index is 0.0382. The number of carbonyl (C=O) groups is 1. The molecule has 17 heavy (non-hydrogen) atoms. The van der Waals surface area contributed by atoms with E-state index in [9.17, 15) is 4.79 Å². The first kappa shape index (κ1) is 11.9. The zero-order valence-electron chi connectivity index (χ0n) is 10.1. The molecule has 5 nitrogen and oxygen atoms in total. The molecule has 2 heterocycles. The highest BCUT2D eigenvalue weighted by atomic mass is 16.5. The highest BCUT2D eigenvalue weighted by Crippen LogP contribution is 2.19. The van der Waals surface area contributed by atoms with Gasteiger partial charge in [-0.3, -0.25) is 9.78 Å². The molecule has 1 N–H and O–H groups in total. The third kappa shape index (κ3) is 2.39. The van der Waals surface area contributed by atoms with Crippen LogP contribution < -0.4 is 5.32 Å². The summed E-state index contributed by atoms with van der Waals surface area (Å²) in [5.74, 6) is 0.0382. The van der Waals surface area contributed by atoms with Crippen LogP contribution in [0.4, 0.5) is 5.69 Å². The molecule has 2 rings (SSSR count). The van der Waals surface area contributed by atoms with Gasteiger partial charge in [0.1, 0.15) is 0 Å². The lowest BCUT2D eigenvalue weighted by Gasteiger charge is -2.17. The van der Waals surface area contributed by atoms with Crippen molar-refractivity contribution in [3.05, 3.63) is 24.0 Å². The molecular weight excluding hydrogens is 218 g/mol. The Bertz CT molecular complexity index is 408. The second-order valence-corrected chi connectivity index (χ2v) is 4.07. The van der Waals surface area contributed by atoms with Crippen LogP contribution in [0.15, 0.2) is 18.5 Å². The number of nitrogens with one attached hydrogen (secondary N) is 1. The van der Waals surface area contributed by atoms with Gasteiger partial charge in [-0.25, -0.2) is 0 Å². The molecule has 1 unspecified atom stereocenters. The maximum atomic E-state index is 12.3. The molecule has 1 aliphatic heterocycles. The standard InChI is InChI=1S/C12H17N3O2/c1-13-11-7-14-5-3-10(11)12(16)15-6-4-9(8-15)17-2/h3,5,7,9,13H,4,6,8H2,1-2H3. The summed E-state index contributed by atoms with van der Waals surface area (Å²) >= 11 is 0. The zero-order chi connectivity index (χ0) is 12.3. The third-order valence-electron chi connectivity index (χ3n) is 3.09. The Labute approximate surface area is 101 Å². The summed E-state index contributed by atoms with van der Waals surface area (Å²) in [6, 6.07) is 1.74. The average Bonchev–Trinajstić information content (AvgIpc) is 2.86. The Balaban J connectivity index is 2.15. The van der Waals surface area contributed by atoms with Gasteiger partial charge in [0.2, 0.25) is 0 Å². The van der Waals surface area contributed by atoms with E-state index in [-0.39, 0.29) is 12.0 Å². The van der Waals surface area contributed by atoms with E-state index in [1.54, 1.807) is 32.6 Å². The normalized spacial score (nSPS) is 19.4. The molecule has 92 valence electrons. The molecule has 1 amide bonds. The maximum absolute atomic E-state index is 12.3. The number of pyridine rings is 1. The first-order chi connectivity index (χ1) is 8.26. The molecule has 0 spiro atoms. The summed E-state index contributed by atoms with van der Waals surface area (Å²) in [7, 11) is 3.47.